The van der Waals surface area contributed by atoms with Crippen LogP contribution in [0.4, 0.5) is 0 Å². The van der Waals surface area contributed by atoms with E-state index in [1.807, 2.05) is 0 Å². The fourth-order valence-electron chi connectivity index (χ4n) is 2.09. The van der Waals surface area contributed by atoms with Gasteiger partial charge in [0.25, 0.3) is 0 Å². The molecule has 106 valence electrons. The second-order valence-corrected chi connectivity index (χ2v) is 7.49. The number of halogens is 2. The van der Waals surface area contributed by atoms with Crippen molar-refractivity contribution in [2.24, 2.45) is 11.7 Å². The van der Waals surface area contributed by atoms with Gasteiger partial charge in [0, 0.05) is 23.6 Å². The SMILES string of the molecule is NC(CS(=O)(=O)c1cc(Cl)ccc1Cl)C1CCOC1. The molecule has 2 unspecified atom stereocenters. The summed E-state index contributed by atoms with van der Waals surface area (Å²) in [6, 6.07) is 3.92. The molecule has 2 rings (SSSR count). The van der Waals surface area contributed by atoms with E-state index in [-0.39, 0.29) is 21.6 Å². The van der Waals surface area contributed by atoms with Gasteiger partial charge in [-0.1, -0.05) is 23.2 Å². The number of rotatable bonds is 4. The first-order valence-electron chi connectivity index (χ1n) is 5.91. The summed E-state index contributed by atoms with van der Waals surface area (Å²) in [5.74, 6) is -0.0751. The number of sulfone groups is 1. The van der Waals surface area contributed by atoms with Gasteiger partial charge in [-0.3, -0.25) is 0 Å². The van der Waals surface area contributed by atoms with Crippen LogP contribution in [0.3, 0.4) is 0 Å². The van der Waals surface area contributed by atoms with Gasteiger partial charge in [-0.25, -0.2) is 8.42 Å². The lowest BCUT2D eigenvalue weighted by Crippen LogP contribution is -2.37. The smallest absolute Gasteiger partial charge is 0.181 e. The average molecular weight is 324 g/mol. The first-order chi connectivity index (χ1) is 8.90. The molecule has 0 aliphatic carbocycles. The molecule has 1 heterocycles. The molecule has 2 N–H and O–H groups in total. The minimum absolute atomic E-state index is 0.0380. The summed E-state index contributed by atoms with van der Waals surface area (Å²) in [7, 11) is -3.55. The molecule has 0 spiro atoms. The summed E-state index contributed by atoms with van der Waals surface area (Å²) in [6.45, 7) is 1.15. The molecule has 0 amide bonds. The highest BCUT2D eigenvalue weighted by molar-refractivity contribution is 7.91. The number of benzene rings is 1. The van der Waals surface area contributed by atoms with Gasteiger partial charge >= 0.3 is 0 Å². The van der Waals surface area contributed by atoms with Crippen molar-refractivity contribution in [3.05, 3.63) is 28.2 Å². The Morgan fingerprint density at radius 2 is 2.16 bits per heavy atom. The lowest BCUT2D eigenvalue weighted by Gasteiger charge is -2.18. The van der Waals surface area contributed by atoms with Crippen LogP contribution in [0.15, 0.2) is 23.1 Å². The molecule has 4 nitrogen and oxygen atoms in total. The van der Waals surface area contributed by atoms with Gasteiger partial charge < -0.3 is 10.5 Å². The van der Waals surface area contributed by atoms with Crippen molar-refractivity contribution in [1.29, 1.82) is 0 Å². The van der Waals surface area contributed by atoms with Crippen LogP contribution in [0, 0.1) is 5.92 Å². The normalized spacial score (nSPS) is 21.5. The van der Waals surface area contributed by atoms with Gasteiger partial charge in [0.05, 0.1) is 22.3 Å². The fraction of sp³-hybridized carbons (Fsp3) is 0.500. The van der Waals surface area contributed by atoms with Crippen molar-refractivity contribution in [3.8, 4) is 0 Å². The van der Waals surface area contributed by atoms with E-state index in [9.17, 15) is 8.42 Å². The van der Waals surface area contributed by atoms with Crippen LogP contribution in [0.2, 0.25) is 10.0 Å². The van der Waals surface area contributed by atoms with Crippen LogP contribution in [-0.4, -0.2) is 33.4 Å². The van der Waals surface area contributed by atoms with Crippen LogP contribution in [0.25, 0.3) is 0 Å². The molecule has 1 aromatic rings. The van der Waals surface area contributed by atoms with E-state index in [4.69, 9.17) is 33.7 Å². The molecule has 1 fully saturated rings. The molecule has 0 bridgehead atoms. The van der Waals surface area contributed by atoms with E-state index in [1.165, 1.54) is 12.1 Å². The summed E-state index contributed by atoms with van der Waals surface area (Å²) in [5, 5.41) is 0.500. The number of nitrogens with two attached hydrogens (primary N) is 1. The molecule has 0 radical (unpaired) electrons. The summed E-state index contributed by atoms with van der Waals surface area (Å²) >= 11 is 11.7. The third-order valence-electron chi connectivity index (χ3n) is 3.21. The first kappa shape index (κ1) is 15.1. The summed E-state index contributed by atoms with van der Waals surface area (Å²) < 4.78 is 29.8. The molecule has 2 atom stereocenters. The van der Waals surface area contributed by atoms with Crippen LogP contribution in [-0.2, 0) is 14.6 Å². The largest absolute Gasteiger partial charge is 0.381 e. The van der Waals surface area contributed by atoms with E-state index >= 15 is 0 Å². The summed E-state index contributed by atoms with van der Waals surface area (Å²) in [5.41, 5.74) is 5.96. The summed E-state index contributed by atoms with van der Waals surface area (Å²) in [4.78, 5) is 0.0380. The van der Waals surface area contributed by atoms with Crippen LogP contribution < -0.4 is 5.73 Å². The quantitative estimate of drug-likeness (QED) is 0.921. The number of hydrogen-bond acceptors (Lipinski definition) is 4. The Morgan fingerprint density at radius 1 is 1.42 bits per heavy atom. The zero-order chi connectivity index (χ0) is 14.0. The Morgan fingerprint density at radius 3 is 2.79 bits per heavy atom. The van der Waals surface area contributed by atoms with E-state index in [0.717, 1.165) is 6.42 Å². The molecule has 19 heavy (non-hydrogen) atoms. The maximum absolute atomic E-state index is 12.3. The second kappa shape index (κ2) is 5.97. The van der Waals surface area contributed by atoms with Crippen molar-refractivity contribution >= 4 is 33.0 Å². The fourth-order valence-corrected chi connectivity index (χ4v) is 4.42. The lowest BCUT2D eigenvalue weighted by molar-refractivity contribution is 0.182. The van der Waals surface area contributed by atoms with Gasteiger partial charge in [0.2, 0.25) is 0 Å². The predicted octanol–water partition coefficient (Wildman–Crippen LogP) is 2.13. The van der Waals surface area contributed by atoms with Crippen LogP contribution in [0.1, 0.15) is 6.42 Å². The Bertz CT molecular complexity index is 556. The van der Waals surface area contributed by atoms with Crippen LogP contribution in [0.5, 0.6) is 0 Å². The highest BCUT2D eigenvalue weighted by Crippen LogP contribution is 2.27. The maximum Gasteiger partial charge on any atom is 0.181 e. The van der Waals surface area contributed by atoms with E-state index in [0.29, 0.717) is 18.2 Å². The average Bonchev–Trinajstić information content (AvgIpc) is 2.85. The number of ether oxygens (including phenoxy) is 1. The third-order valence-corrected chi connectivity index (χ3v) is 5.72. The molecule has 7 heteroatoms. The highest BCUT2D eigenvalue weighted by Gasteiger charge is 2.29. The maximum atomic E-state index is 12.3. The van der Waals surface area contributed by atoms with Crippen molar-refractivity contribution in [2.75, 3.05) is 19.0 Å². The molecule has 1 aromatic carbocycles. The van der Waals surface area contributed by atoms with E-state index in [1.54, 1.807) is 6.07 Å². The zero-order valence-electron chi connectivity index (χ0n) is 10.2. The van der Waals surface area contributed by atoms with Gasteiger partial charge in [0.1, 0.15) is 0 Å². The zero-order valence-corrected chi connectivity index (χ0v) is 12.5. The molecule has 1 aliphatic rings. The Labute approximate surface area is 122 Å². The van der Waals surface area contributed by atoms with Crippen molar-refractivity contribution in [3.63, 3.8) is 0 Å². The molecule has 0 saturated carbocycles. The Hall–Kier alpha value is -0.330. The minimum atomic E-state index is -3.55. The second-order valence-electron chi connectivity index (χ2n) is 4.64. The van der Waals surface area contributed by atoms with Gasteiger partial charge in [-0.2, -0.15) is 0 Å². The molecular weight excluding hydrogens is 309 g/mol. The monoisotopic (exact) mass is 323 g/mol. The minimum Gasteiger partial charge on any atom is -0.381 e. The van der Waals surface area contributed by atoms with E-state index in [2.05, 4.69) is 0 Å². The van der Waals surface area contributed by atoms with Gasteiger partial charge in [-0.05, 0) is 24.6 Å². The van der Waals surface area contributed by atoms with Gasteiger partial charge in [0.15, 0.2) is 9.84 Å². The van der Waals surface area contributed by atoms with E-state index < -0.39 is 15.9 Å². The topological polar surface area (TPSA) is 69.4 Å². The molecular formula is C12H15Cl2NO3S. The Kier molecular flexibility index (Phi) is 4.74. The lowest BCUT2D eigenvalue weighted by atomic mass is 10.0. The first-order valence-corrected chi connectivity index (χ1v) is 8.32. The highest BCUT2D eigenvalue weighted by atomic mass is 35.5. The van der Waals surface area contributed by atoms with Crippen molar-refractivity contribution in [2.45, 2.75) is 17.4 Å². The molecule has 0 aromatic heterocycles. The summed E-state index contributed by atoms with van der Waals surface area (Å²) in [6.07, 6.45) is 0.792. The van der Waals surface area contributed by atoms with Crippen molar-refractivity contribution in [1.82, 2.24) is 0 Å². The molecule has 1 aliphatic heterocycles. The Balaban J connectivity index is 2.19. The number of hydrogen-bond donors (Lipinski definition) is 1. The third kappa shape index (κ3) is 3.61. The standard InChI is InChI=1S/C12H15Cl2NO3S/c13-9-1-2-10(14)12(5-9)19(16,17)7-11(15)8-3-4-18-6-8/h1-2,5,8,11H,3-4,6-7,15H2. The van der Waals surface area contributed by atoms with Gasteiger partial charge in [-0.15, -0.1) is 0 Å². The van der Waals surface area contributed by atoms with Crippen molar-refractivity contribution < 1.29 is 13.2 Å². The van der Waals surface area contributed by atoms with Crippen LogP contribution >= 0.6 is 23.2 Å². The predicted molar refractivity (Wildman–Crippen MR) is 75.4 cm³/mol. The molecule has 1 saturated heterocycles.